The number of anilines is 1. The summed E-state index contributed by atoms with van der Waals surface area (Å²) in [4.78, 5) is 10.8. The number of benzene rings is 2. The van der Waals surface area contributed by atoms with Crippen molar-refractivity contribution in [1.82, 2.24) is 0 Å². The number of amides is 1. The molecule has 0 atom stereocenters. The summed E-state index contributed by atoms with van der Waals surface area (Å²) < 4.78 is 70.5. The summed E-state index contributed by atoms with van der Waals surface area (Å²) in [5, 5.41) is 2.43. The van der Waals surface area contributed by atoms with Crippen molar-refractivity contribution >= 4 is 11.6 Å². The van der Waals surface area contributed by atoms with Gasteiger partial charge in [0, 0.05) is 12.6 Å². The average Bonchev–Trinajstić information content (AvgIpc) is 2.49. The quantitative estimate of drug-likeness (QED) is 0.525. The van der Waals surface area contributed by atoms with E-state index in [0.717, 1.165) is 0 Å². The van der Waals surface area contributed by atoms with E-state index in [1.54, 1.807) is 0 Å². The summed E-state index contributed by atoms with van der Waals surface area (Å²) in [6.07, 6.45) is 0. The van der Waals surface area contributed by atoms with Crippen LogP contribution in [0.5, 0.6) is 11.5 Å². The highest BCUT2D eigenvalue weighted by Gasteiger charge is 2.27. The van der Waals surface area contributed by atoms with Crippen molar-refractivity contribution in [2.24, 2.45) is 0 Å². The number of nitrogens with one attached hydrogen (secondary N) is 1. The molecule has 0 unspecified atom stereocenters. The molecule has 1 N–H and O–H groups in total. The molecular weight excluding hydrogens is 309 g/mol. The van der Waals surface area contributed by atoms with Gasteiger partial charge in [0.2, 0.25) is 40.7 Å². The molecule has 22 heavy (non-hydrogen) atoms. The highest BCUT2D eigenvalue weighted by Crippen LogP contribution is 2.32. The van der Waals surface area contributed by atoms with Crippen LogP contribution >= 0.6 is 0 Å². The zero-order valence-corrected chi connectivity index (χ0v) is 11.0. The van der Waals surface area contributed by atoms with Crippen molar-refractivity contribution in [3.8, 4) is 11.5 Å². The second-order valence-corrected chi connectivity index (χ2v) is 4.21. The molecule has 116 valence electrons. The molecule has 2 aromatic carbocycles. The maximum atomic E-state index is 13.4. The lowest BCUT2D eigenvalue weighted by atomic mass is 10.2. The molecule has 0 fully saturated rings. The number of carbonyl (C=O) groups excluding carboxylic acids is 1. The summed E-state index contributed by atoms with van der Waals surface area (Å²) in [5.41, 5.74) is 0.372. The molecule has 2 aromatic rings. The molecule has 0 saturated heterocycles. The fraction of sp³-hybridized carbons (Fsp3) is 0.0714. The Morgan fingerprint density at radius 3 is 1.77 bits per heavy atom. The van der Waals surface area contributed by atoms with Crippen molar-refractivity contribution in [3.05, 3.63) is 53.4 Å². The lowest BCUT2D eigenvalue weighted by Crippen LogP contribution is -2.06. The first-order valence-corrected chi connectivity index (χ1v) is 5.88. The summed E-state index contributed by atoms with van der Waals surface area (Å²) in [7, 11) is 0. The van der Waals surface area contributed by atoms with Gasteiger partial charge in [-0.2, -0.15) is 8.78 Å². The number of hydrogen-bond acceptors (Lipinski definition) is 2. The number of rotatable bonds is 3. The van der Waals surface area contributed by atoms with Gasteiger partial charge in [0.05, 0.1) is 0 Å². The molecule has 0 bridgehead atoms. The predicted octanol–water partition coefficient (Wildman–Crippen LogP) is 4.13. The van der Waals surface area contributed by atoms with Crippen LogP contribution in [0.1, 0.15) is 6.92 Å². The van der Waals surface area contributed by atoms with E-state index in [-0.39, 0.29) is 11.7 Å². The Balaban J connectivity index is 2.33. The standard InChI is InChI=1S/C14H8F5NO2/c1-6(21)20-7-2-4-8(5-3-7)22-14-12(18)10(16)9(15)11(17)13(14)19/h2-5H,1H3,(H,20,21). The van der Waals surface area contributed by atoms with Crippen LogP contribution in [0.3, 0.4) is 0 Å². The largest absolute Gasteiger partial charge is 0.451 e. The highest BCUT2D eigenvalue weighted by atomic mass is 19.2. The van der Waals surface area contributed by atoms with Gasteiger partial charge in [-0.15, -0.1) is 0 Å². The maximum absolute atomic E-state index is 13.4. The van der Waals surface area contributed by atoms with Crippen LogP contribution in [0.4, 0.5) is 27.6 Å². The van der Waals surface area contributed by atoms with Gasteiger partial charge in [-0.3, -0.25) is 4.79 Å². The van der Waals surface area contributed by atoms with E-state index in [1.165, 1.54) is 31.2 Å². The Hall–Kier alpha value is -2.64. The SMILES string of the molecule is CC(=O)Nc1ccc(Oc2c(F)c(F)c(F)c(F)c2F)cc1. The van der Waals surface area contributed by atoms with Crippen LogP contribution in [0.25, 0.3) is 0 Å². The molecular formula is C14H8F5NO2. The van der Waals surface area contributed by atoms with Crippen LogP contribution in [0.15, 0.2) is 24.3 Å². The highest BCUT2D eigenvalue weighted by molar-refractivity contribution is 5.88. The van der Waals surface area contributed by atoms with E-state index in [4.69, 9.17) is 4.74 Å². The minimum atomic E-state index is -2.26. The van der Waals surface area contributed by atoms with Crippen LogP contribution in [0, 0.1) is 29.1 Å². The minimum Gasteiger partial charge on any atom is -0.451 e. The van der Waals surface area contributed by atoms with Crippen LogP contribution in [0.2, 0.25) is 0 Å². The summed E-state index contributed by atoms with van der Waals surface area (Å²) in [5.74, 6) is -12.5. The van der Waals surface area contributed by atoms with Crippen molar-refractivity contribution in [2.75, 3.05) is 5.32 Å². The van der Waals surface area contributed by atoms with E-state index in [9.17, 15) is 26.7 Å². The third-order valence-electron chi connectivity index (χ3n) is 2.56. The van der Waals surface area contributed by atoms with Gasteiger partial charge in [-0.05, 0) is 24.3 Å². The Morgan fingerprint density at radius 2 is 1.32 bits per heavy atom. The third-order valence-corrected chi connectivity index (χ3v) is 2.56. The molecule has 0 aliphatic carbocycles. The monoisotopic (exact) mass is 317 g/mol. The summed E-state index contributed by atoms with van der Waals surface area (Å²) in [6.45, 7) is 1.28. The lowest BCUT2D eigenvalue weighted by Gasteiger charge is -2.10. The van der Waals surface area contributed by atoms with E-state index < -0.39 is 34.8 Å². The molecule has 0 saturated carbocycles. The first kappa shape index (κ1) is 15.7. The van der Waals surface area contributed by atoms with Crippen molar-refractivity contribution in [3.63, 3.8) is 0 Å². The van der Waals surface area contributed by atoms with E-state index in [2.05, 4.69) is 5.32 Å². The zero-order valence-electron chi connectivity index (χ0n) is 11.0. The van der Waals surface area contributed by atoms with Gasteiger partial charge in [-0.1, -0.05) is 0 Å². The zero-order chi connectivity index (χ0) is 16.4. The average molecular weight is 317 g/mol. The topological polar surface area (TPSA) is 38.3 Å². The van der Waals surface area contributed by atoms with Crippen molar-refractivity contribution in [2.45, 2.75) is 6.92 Å². The lowest BCUT2D eigenvalue weighted by molar-refractivity contribution is -0.114. The van der Waals surface area contributed by atoms with Crippen LogP contribution in [-0.4, -0.2) is 5.91 Å². The Bertz CT molecular complexity index is 702. The van der Waals surface area contributed by atoms with Gasteiger partial charge in [0.15, 0.2) is 0 Å². The van der Waals surface area contributed by atoms with E-state index in [0.29, 0.717) is 5.69 Å². The predicted molar refractivity (Wildman–Crippen MR) is 67.1 cm³/mol. The van der Waals surface area contributed by atoms with E-state index in [1.807, 2.05) is 0 Å². The first-order valence-electron chi connectivity index (χ1n) is 5.88. The fourth-order valence-electron chi connectivity index (χ4n) is 1.60. The minimum absolute atomic E-state index is 0.169. The van der Waals surface area contributed by atoms with Crippen molar-refractivity contribution in [1.29, 1.82) is 0 Å². The molecule has 0 aliphatic heterocycles. The maximum Gasteiger partial charge on any atom is 0.221 e. The fourth-order valence-corrected chi connectivity index (χ4v) is 1.60. The molecule has 3 nitrogen and oxygen atoms in total. The van der Waals surface area contributed by atoms with Gasteiger partial charge in [0.1, 0.15) is 5.75 Å². The number of carbonyl (C=O) groups is 1. The number of ether oxygens (including phenoxy) is 1. The Labute approximate surface area is 121 Å². The van der Waals surface area contributed by atoms with Crippen LogP contribution in [-0.2, 0) is 4.79 Å². The Morgan fingerprint density at radius 1 is 0.864 bits per heavy atom. The molecule has 0 aromatic heterocycles. The molecule has 0 radical (unpaired) electrons. The number of hydrogen-bond donors (Lipinski definition) is 1. The van der Waals surface area contributed by atoms with Gasteiger partial charge in [0.25, 0.3) is 0 Å². The summed E-state index contributed by atoms with van der Waals surface area (Å²) >= 11 is 0. The van der Waals surface area contributed by atoms with Gasteiger partial charge < -0.3 is 10.1 Å². The smallest absolute Gasteiger partial charge is 0.221 e. The molecule has 8 heteroatoms. The molecule has 2 rings (SSSR count). The van der Waals surface area contributed by atoms with Gasteiger partial charge in [-0.25, -0.2) is 13.2 Å². The number of halogens is 5. The second kappa shape index (κ2) is 6.00. The van der Waals surface area contributed by atoms with E-state index >= 15 is 0 Å². The van der Waals surface area contributed by atoms with Crippen molar-refractivity contribution < 1.29 is 31.5 Å². The van der Waals surface area contributed by atoms with Crippen LogP contribution < -0.4 is 10.1 Å². The molecule has 1 amide bonds. The molecule has 0 spiro atoms. The third kappa shape index (κ3) is 3.00. The first-order chi connectivity index (χ1) is 10.3. The summed E-state index contributed by atoms with van der Waals surface area (Å²) in [6, 6.07) is 5.07. The molecule has 0 aliphatic rings. The second-order valence-electron chi connectivity index (χ2n) is 4.21. The van der Waals surface area contributed by atoms with Gasteiger partial charge >= 0.3 is 0 Å². The molecule has 0 heterocycles. The normalized spacial score (nSPS) is 10.5. The Kier molecular flexibility index (Phi) is 4.30.